The summed E-state index contributed by atoms with van der Waals surface area (Å²) in [5.74, 6) is 1.42. The third-order valence-electron chi connectivity index (χ3n) is 4.72. The zero-order valence-corrected chi connectivity index (χ0v) is 13.4. The Hall–Kier alpha value is -0.440. The normalized spacial score (nSPS) is 28.1. The molecule has 0 radical (unpaired) electrons. The van der Waals surface area contributed by atoms with Crippen LogP contribution >= 0.6 is 23.4 Å². The molecule has 108 valence electrons. The Labute approximate surface area is 130 Å². The molecule has 1 heterocycles. The van der Waals surface area contributed by atoms with E-state index in [0.717, 1.165) is 21.9 Å². The second-order valence-corrected chi connectivity index (χ2v) is 7.43. The van der Waals surface area contributed by atoms with Gasteiger partial charge in [0.15, 0.2) is 0 Å². The van der Waals surface area contributed by atoms with Gasteiger partial charge in [0.25, 0.3) is 0 Å². The Kier molecular flexibility index (Phi) is 4.16. The van der Waals surface area contributed by atoms with E-state index in [9.17, 15) is 5.11 Å². The number of benzene rings is 1. The van der Waals surface area contributed by atoms with E-state index in [4.69, 9.17) is 11.6 Å². The van der Waals surface area contributed by atoms with Gasteiger partial charge < -0.3 is 5.11 Å². The predicted octanol–water partition coefficient (Wildman–Crippen LogP) is 5.13. The minimum Gasteiger partial charge on any atom is -0.380 e. The van der Waals surface area contributed by atoms with Crippen LogP contribution in [0.5, 0.6) is 0 Å². The minimum atomic E-state index is -0.804. The largest absolute Gasteiger partial charge is 0.380 e. The summed E-state index contributed by atoms with van der Waals surface area (Å²) >= 11 is 7.81. The van der Waals surface area contributed by atoms with Gasteiger partial charge in [-0.3, -0.25) is 0 Å². The van der Waals surface area contributed by atoms with Gasteiger partial charge in [-0.25, -0.2) is 0 Å². The lowest BCUT2D eigenvalue weighted by atomic mass is 9.83. The van der Waals surface area contributed by atoms with Crippen molar-refractivity contribution in [2.75, 3.05) is 5.75 Å². The molecule has 1 aromatic carbocycles. The summed E-state index contributed by atoms with van der Waals surface area (Å²) in [6, 6.07) is 7.64. The van der Waals surface area contributed by atoms with Crippen molar-refractivity contribution in [1.82, 2.24) is 0 Å². The van der Waals surface area contributed by atoms with Gasteiger partial charge in [-0.1, -0.05) is 43.0 Å². The van der Waals surface area contributed by atoms with Gasteiger partial charge in [-0.2, -0.15) is 0 Å². The Morgan fingerprint density at radius 1 is 1.15 bits per heavy atom. The van der Waals surface area contributed by atoms with Gasteiger partial charge in [0, 0.05) is 10.8 Å². The molecule has 1 N–H and O–H groups in total. The van der Waals surface area contributed by atoms with Crippen molar-refractivity contribution in [2.45, 2.75) is 44.6 Å². The van der Waals surface area contributed by atoms with E-state index in [1.807, 2.05) is 36.0 Å². The average Bonchev–Trinajstić information content (AvgIpc) is 2.78. The van der Waals surface area contributed by atoms with Crippen LogP contribution in [0.3, 0.4) is 0 Å². The van der Waals surface area contributed by atoms with E-state index in [1.165, 1.54) is 37.0 Å². The fourth-order valence-electron chi connectivity index (χ4n) is 3.42. The number of halogens is 1. The highest BCUT2D eigenvalue weighted by Crippen LogP contribution is 2.50. The van der Waals surface area contributed by atoms with Crippen LogP contribution in [0.4, 0.5) is 0 Å². The highest BCUT2D eigenvalue weighted by Gasteiger charge is 2.40. The van der Waals surface area contributed by atoms with E-state index in [1.54, 1.807) is 0 Å². The van der Waals surface area contributed by atoms with Crippen LogP contribution in [0.25, 0.3) is 0 Å². The van der Waals surface area contributed by atoms with Crippen LogP contribution in [0.15, 0.2) is 34.7 Å². The number of allylic oxidation sites excluding steroid dienone is 1. The highest BCUT2D eigenvalue weighted by molar-refractivity contribution is 8.03. The first kappa shape index (κ1) is 14.5. The molecule has 1 unspecified atom stereocenters. The summed E-state index contributed by atoms with van der Waals surface area (Å²) in [6.45, 7) is 2.11. The molecule has 3 heteroatoms. The van der Waals surface area contributed by atoms with E-state index in [0.29, 0.717) is 5.92 Å². The first-order valence-electron chi connectivity index (χ1n) is 7.44. The number of hydrogen-bond donors (Lipinski definition) is 1. The van der Waals surface area contributed by atoms with Gasteiger partial charge in [0.1, 0.15) is 5.60 Å². The first-order chi connectivity index (χ1) is 9.61. The second-order valence-electron chi connectivity index (χ2n) is 5.98. The third-order valence-corrected chi connectivity index (χ3v) is 6.49. The smallest absolute Gasteiger partial charge is 0.121 e. The van der Waals surface area contributed by atoms with Crippen LogP contribution in [0.1, 0.15) is 44.6 Å². The second kappa shape index (κ2) is 5.75. The Morgan fingerprint density at radius 3 is 2.45 bits per heavy atom. The topological polar surface area (TPSA) is 20.2 Å². The quantitative estimate of drug-likeness (QED) is 0.817. The number of thioether (sulfide) groups is 1. The van der Waals surface area contributed by atoms with Crippen LogP contribution in [-0.2, 0) is 5.60 Å². The van der Waals surface area contributed by atoms with Crippen molar-refractivity contribution in [3.05, 3.63) is 45.3 Å². The van der Waals surface area contributed by atoms with Gasteiger partial charge in [-0.15, -0.1) is 11.8 Å². The molecule has 0 spiro atoms. The zero-order chi connectivity index (χ0) is 14.2. The van der Waals surface area contributed by atoms with Crippen molar-refractivity contribution < 1.29 is 5.11 Å². The van der Waals surface area contributed by atoms with Crippen molar-refractivity contribution in [3.63, 3.8) is 0 Å². The van der Waals surface area contributed by atoms with Crippen molar-refractivity contribution in [2.24, 2.45) is 5.92 Å². The lowest BCUT2D eigenvalue weighted by Gasteiger charge is -2.26. The molecule has 1 fully saturated rings. The van der Waals surface area contributed by atoms with Crippen molar-refractivity contribution >= 4 is 23.4 Å². The molecule has 1 aliphatic heterocycles. The maximum Gasteiger partial charge on any atom is 0.121 e. The predicted molar refractivity (Wildman–Crippen MR) is 87.1 cm³/mol. The molecular formula is C17H21ClOS. The van der Waals surface area contributed by atoms with E-state index in [2.05, 4.69) is 6.92 Å². The maximum absolute atomic E-state index is 11.1. The molecule has 1 saturated carbocycles. The Bertz CT molecular complexity index is 516. The molecule has 0 amide bonds. The minimum absolute atomic E-state index is 0.676. The lowest BCUT2D eigenvalue weighted by Crippen LogP contribution is -2.27. The number of rotatable bonds is 2. The summed E-state index contributed by atoms with van der Waals surface area (Å²) in [5.41, 5.74) is 1.33. The molecule has 1 nitrogen and oxygen atoms in total. The fourth-order valence-corrected chi connectivity index (χ4v) is 5.15. The molecular weight excluding hydrogens is 288 g/mol. The molecule has 1 aromatic rings. The van der Waals surface area contributed by atoms with Crippen LogP contribution in [0, 0.1) is 5.92 Å². The van der Waals surface area contributed by atoms with E-state index >= 15 is 0 Å². The van der Waals surface area contributed by atoms with Crippen molar-refractivity contribution in [3.8, 4) is 0 Å². The Morgan fingerprint density at radius 2 is 1.80 bits per heavy atom. The van der Waals surface area contributed by atoms with Crippen LogP contribution in [-0.4, -0.2) is 10.9 Å². The third kappa shape index (κ3) is 2.54. The summed E-state index contributed by atoms with van der Waals surface area (Å²) in [7, 11) is 0. The maximum atomic E-state index is 11.1. The van der Waals surface area contributed by atoms with E-state index < -0.39 is 5.60 Å². The van der Waals surface area contributed by atoms with Crippen LogP contribution in [0.2, 0.25) is 5.02 Å². The van der Waals surface area contributed by atoms with Gasteiger partial charge in [-0.05, 0) is 53.9 Å². The van der Waals surface area contributed by atoms with E-state index in [-0.39, 0.29) is 0 Å². The summed E-state index contributed by atoms with van der Waals surface area (Å²) in [6.07, 6.45) is 6.62. The number of hydrogen-bond acceptors (Lipinski definition) is 2. The highest BCUT2D eigenvalue weighted by atomic mass is 35.5. The molecule has 1 aliphatic carbocycles. The fraction of sp³-hybridized carbons (Fsp3) is 0.529. The lowest BCUT2D eigenvalue weighted by molar-refractivity contribution is 0.104. The monoisotopic (exact) mass is 308 g/mol. The van der Waals surface area contributed by atoms with Gasteiger partial charge >= 0.3 is 0 Å². The van der Waals surface area contributed by atoms with Gasteiger partial charge in [0.2, 0.25) is 0 Å². The SMILES string of the molecule is CC1=C(C2CCCCC2)SCC1(O)c1ccc(Cl)cc1. The first-order valence-corrected chi connectivity index (χ1v) is 8.80. The molecule has 1 atom stereocenters. The number of aliphatic hydroxyl groups is 1. The molecule has 2 aliphatic rings. The molecule has 0 bridgehead atoms. The molecule has 0 aromatic heterocycles. The summed E-state index contributed by atoms with van der Waals surface area (Å²) < 4.78 is 0. The molecule has 0 saturated heterocycles. The average molecular weight is 309 g/mol. The Balaban J connectivity index is 1.90. The summed E-state index contributed by atoms with van der Waals surface area (Å²) in [4.78, 5) is 1.45. The van der Waals surface area contributed by atoms with Crippen molar-refractivity contribution in [1.29, 1.82) is 0 Å². The zero-order valence-electron chi connectivity index (χ0n) is 11.9. The van der Waals surface area contributed by atoms with Gasteiger partial charge in [0.05, 0.1) is 0 Å². The van der Waals surface area contributed by atoms with Crippen LogP contribution < -0.4 is 0 Å². The standard InChI is InChI=1S/C17H21ClOS/c1-12-16(13-5-3-2-4-6-13)20-11-17(12,19)14-7-9-15(18)10-8-14/h7-10,13,19H,2-6,11H2,1H3. The summed E-state index contributed by atoms with van der Waals surface area (Å²) in [5, 5.41) is 11.8. The molecule has 3 rings (SSSR count). The molecule has 20 heavy (non-hydrogen) atoms.